The first kappa shape index (κ1) is 63.6. The lowest BCUT2D eigenvalue weighted by atomic mass is 10.0. The van der Waals surface area contributed by atoms with Gasteiger partial charge in [-0.2, -0.15) is 0 Å². The third-order valence-electron chi connectivity index (χ3n) is 20.6. The van der Waals surface area contributed by atoms with E-state index in [-0.39, 0.29) is 0 Å². The minimum Gasteiger partial charge on any atom is -0.355 e. The summed E-state index contributed by atoms with van der Waals surface area (Å²) in [5.41, 5.74) is 11.2. The number of aromatic amines is 1. The zero-order chi connectivity index (χ0) is 68.7. The first-order valence-electron chi connectivity index (χ1n) is 35.1. The Morgan fingerprint density at radius 2 is 0.563 bits per heavy atom. The fourth-order valence-corrected chi connectivity index (χ4v) is 28.9. The summed E-state index contributed by atoms with van der Waals surface area (Å²) >= 11 is 7.58. The molecule has 0 saturated heterocycles. The molecule has 0 atom stereocenters. The summed E-state index contributed by atoms with van der Waals surface area (Å²) in [6.45, 7) is 0. The van der Waals surface area contributed by atoms with Crippen molar-refractivity contribution in [3.63, 3.8) is 0 Å². The van der Waals surface area contributed by atoms with Crippen molar-refractivity contribution in [1.82, 2.24) is 9.55 Å². The van der Waals surface area contributed by atoms with Crippen LogP contribution >= 0.6 is 38.6 Å². The molecule has 4 heterocycles. The normalized spacial score (nSPS) is 11.7. The highest BCUT2D eigenvalue weighted by atomic mass is 79.9. The number of hydrogen-bond donors (Lipinski definition) is 1. The van der Waals surface area contributed by atoms with Gasteiger partial charge in [-0.3, -0.25) is 0 Å². The van der Waals surface area contributed by atoms with Crippen molar-refractivity contribution >= 4 is 180 Å². The van der Waals surface area contributed by atoms with E-state index in [0.717, 1.165) is 4.47 Å². The lowest BCUT2D eigenvalue weighted by molar-refractivity contribution is 1.18. The largest absolute Gasteiger partial charge is 0.355 e. The highest BCUT2D eigenvalue weighted by molar-refractivity contribution is 9.10. The SMILES string of the molecule is Brc1cccc([Si](c2ccccc2)(c2ccccc2)c2cccc(-c3cccc4c3sc3ccccc34)c2)c1.c1ccc([Si](c2ccccc2)(c2cccc(-c3cccc4c3sc3ccccc34)c2)c2cccc(-n3c4ccccc4c4ccccc43)c2)cc1.c1ccc2c(c1)[nH]c1ccccc12. The molecule has 0 aliphatic rings. The quantitative estimate of drug-likeness (QED) is 0.0984. The van der Waals surface area contributed by atoms with Gasteiger partial charge < -0.3 is 9.55 Å². The first-order valence-corrected chi connectivity index (χ1v) is 41.5. The number of para-hydroxylation sites is 4. The van der Waals surface area contributed by atoms with Crippen molar-refractivity contribution in [3.8, 4) is 27.9 Å². The molecule has 488 valence electrons. The molecule has 0 fully saturated rings. The van der Waals surface area contributed by atoms with Gasteiger partial charge in [-0.25, -0.2) is 0 Å². The zero-order valence-corrected chi connectivity index (χ0v) is 61.5. The van der Waals surface area contributed by atoms with Gasteiger partial charge in [0.15, 0.2) is 16.1 Å². The molecule has 20 aromatic rings. The van der Waals surface area contributed by atoms with Gasteiger partial charge in [0.2, 0.25) is 0 Å². The van der Waals surface area contributed by atoms with Gasteiger partial charge in [0.25, 0.3) is 0 Å². The fraction of sp³-hybridized carbons (Fsp3) is 0. The number of fused-ring (bicyclic) bond motifs is 12. The molecule has 0 amide bonds. The summed E-state index contributed by atoms with van der Waals surface area (Å²) in [6.07, 6.45) is 0. The molecule has 16 aromatic carbocycles. The van der Waals surface area contributed by atoms with Crippen LogP contribution in [-0.2, 0) is 0 Å². The van der Waals surface area contributed by atoms with Crippen molar-refractivity contribution in [2.45, 2.75) is 0 Å². The predicted octanol–water partition coefficient (Wildman–Crippen LogP) is 21.4. The van der Waals surface area contributed by atoms with Crippen LogP contribution in [0.4, 0.5) is 0 Å². The van der Waals surface area contributed by atoms with Gasteiger partial charge in [0.1, 0.15) is 0 Å². The maximum Gasteiger partial charge on any atom is 0.179 e. The summed E-state index contributed by atoms with van der Waals surface area (Å²) < 4.78 is 8.91. The van der Waals surface area contributed by atoms with Crippen LogP contribution in [0.2, 0.25) is 0 Å². The van der Waals surface area contributed by atoms with E-state index in [1.54, 1.807) is 0 Å². The van der Waals surface area contributed by atoms with Crippen LogP contribution in [0.3, 0.4) is 0 Å². The van der Waals surface area contributed by atoms with Crippen LogP contribution < -0.4 is 41.5 Å². The second-order valence-electron chi connectivity index (χ2n) is 26.3. The van der Waals surface area contributed by atoms with Gasteiger partial charge >= 0.3 is 0 Å². The van der Waals surface area contributed by atoms with Crippen molar-refractivity contribution < 1.29 is 0 Å². The lowest BCUT2D eigenvalue weighted by Crippen LogP contribution is -2.74. The van der Waals surface area contributed by atoms with Crippen LogP contribution in [0.25, 0.3) is 112 Å². The van der Waals surface area contributed by atoms with E-state index in [1.165, 1.54) is 153 Å². The number of thiophene rings is 2. The Morgan fingerprint density at radius 3 is 1.00 bits per heavy atom. The van der Waals surface area contributed by atoms with E-state index in [2.05, 4.69) is 426 Å². The minimum atomic E-state index is -2.85. The van der Waals surface area contributed by atoms with Gasteiger partial charge in [0, 0.05) is 83.1 Å². The Morgan fingerprint density at radius 1 is 0.243 bits per heavy atom. The van der Waals surface area contributed by atoms with Crippen LogP contribution in [0.5, 0.6) is 0 Å². The molecule has 0 unspecified atom stereocenters. The van der Waals surface area contributed by atoms with E-state index in [0.29, 0.717) is 0 Å². The number of rotatable bonds is 11. The molecule has 7 heteroatoms. The van der Waals surface area contributed by atoms with E-state index in [4.69, 9.17) is 0 Å². The molecular formula is C96H67BrN2S2Si2. The number of hydrogen-bond acceptors (Lipinski definition) is 2. The first-order chi connectivity index (χ1) is 51.0. The highest BCUT2D eigenvalue weighted by Gasteiger charge is 2.43. The smallest absolute Gasteiger partial charge is 0.179 e. The number of nitrogens with one attached hydrogen (secondary N) is 1. The Labute approximate surface area is 617 Å². The van der Waals surface area contributed by atoms with Crippen LogP contribution in [-0.4, -0.2) is 25.7 Å². The Balaban J connectivity index is 0.000000128. The van der Waals surface area contributed by atoms with Crippen molar-refractivity contribution in [2.75, 3.05) is 0 Å². The summed E-state index contributed by atoms with van der Waals surface area (Å²) in [6, 6.07) is 147. The van der Waals surface area contributed by atoms with Crippen molar-refractivity contribution in [2.24, 2.45) is 0 Å². The molecule has 0 saturated carbocycles. The van der Waals surface area contributed by atoms with E-state index < -0.39 is 16.1 Å². The molecule has 2 nitrogen and oxygen atoms in total. The summed E-state index contributed by atoms with van der Waals surface area (Å²) in [7, 11) is -5.47. The number of nitrogens with zero attached hydrogens (tertiary/aromatic N) is 1. The number of halogens is 1. The molecule has 0 aliphatic carbocycles. The molecule has 0 aliphatic heterocycles. The van der Waals surface area contributed by atoms with Crippen molar-refractivity contribution in [3.05, 3.63) is 405 Å². The molecular weight excluding hydrogens is 1380 g/mol. The van der Waals surface area contributed by atoms with E-state index in [1.807, 2.05) is 22.7 Å². The average molecular weight is 1450 g/mol. The van der Waals surface area contributed by atoms with Crippen LogP contribution in [0, 0.1) is 0 Å². The topological polar surface area (TPSA) is 20.7 Å². The fourth-order valence-electron chi connectivity index (χ4n) is 16.1. The molecule has 4 aromatic heterocycles. The molecule has 1 N–H and O–H groups in total. The number of aromatic nitrogens is 2. The van der Waals surface area contributed by atoms with E-state index >= 15 is 0 Å². The standard InChI is InChI=1S/C48H33NSSi.C36H25BrSSi.C12H9N/c1-3-18-36(19-4-1)51(37-20-5-2-6-21-37,38-22-13-16-34(32-38)40-27-15-28-44-43-26-9-12-31-47(43)50-48(40)44)39-23-14-17-35(33-39)49-45-29-10-7-24-41(45)42-25-8-11-30-46(42)49;37-27-13-10-19-31(25-27)39(28-14-3-1-4-15-28,29-16-5-2-6-17-29)30-18-9-12-26(24-30)32-21-11-22-34-33-20-7-8-23-35(33)38-36(32)34;1-3-7-11-9(5-1)10-6-2-4-8-12(10)13-11/h1-33H;1-25H;1-8,13H. The molecule has 103 heavy (non-hydrogen) atoms. The zero-order valence-electron chi connectivity index (χ0n) is 56.2. The Bertz CT molecular complexity index is 6290. The number of H-pyrrole nitrogens is 1. The summed E-state index contributed by atoms with van der Waals surface area (Å²) in [5, 5.41) is 21.5. The van der Waals surface area contributed by atoms with Crippen LogP contribution in [0.1, 0.15) is 0 Å². The van der Waals surface area contributed by atoms with Gasteiger partial charge in [0.05, 0.1) is 11.0 Å². The Kier molecular flexibility index (Phi) is 17.0. The molecule has 0 spiro atoms. The molecule has 20 rings (SSSR count). The maximum absolute atomic E-state index is 3.79. The summed E-state index contributed by atoms with van der Waals surface area (Å²) in [4.78, 5) is 3.38. The predicted molar refractivity (Wildman–Crippen MR) is 455 cm³/mol. The highest BCUT2D eigenvalue weighted by Crippen LogP contribution is 2.42. The minimum absolute atomic E-state index is 1.11. The third-order valence-corrected chi connectivity index (χ3v) is 33.1. The molecule has 0 bridgehead atoms. The van der Waals surface area contributed by atoms with Crippen molar-refractivity contribution in [1.29, 1.82) is 0 Å². The molecule has 0 radical (unpaired) electrons. The van der Waals surface area contributed by atoms with Gasteiger partial charge in [-0.05, 0) is 124 Å². The lowest BCUT2D eigenvalue weighted by Gasteiger charge is -2.35. The monoisotopic (exact) mass is 1450 g/mol. The van der Waals surface area contributed by atoms with Gasteiger partial charge in [-0.1, -0.05) is 356 Å². The van der Waals surface area contributed by atoms with E-state index in [9.17, 15) is 0 Å². The van der Waals surface area contributed by atoms with Gasteiger partial charge in [-0.15, -0.1) is 22.7 Å². The number of benzene rings is 16. The second-order valence-corrected chi connectivity index (χ2v) is 37.0. The maximum atomic E-state index is 3.79. The second kappa shape index (κ2) is 27.4. The van der Waals surface area contributed by atoms with Crippen LogP contribution in [0.15, 0.2) is 405 Å². The Hall–Kier alpha value is -11.5. The average Bonchev–Trinajstić information content (AvgIpc) is 1.66. The third kappa shape index (κ3) is 11.3. The summed E-state index contributed by atoms with van der Waals surface area (Å²) in [5.74, 6) is 0.